The molecule has 0 unspecified atom stereocenters. The number of aromatic nitrogens is 3. The second kappa shape index (κ2) is 8.00. The number of aryl methyl sites for hydroxylation is 1. The summed E-state index contributed by atoms with van der Waals surface area (Å²) < 4.78 is 1.26. The number of nitrogens with one attached hydrogen (secondary N) is 1. The fourth-order valence-electron chi connectivity index (χ4n) is 3.17. The summed E-state index contributed by atoms with van der Waals surface area (Å²) in [6.45, 7) is 3.14. The normalized spacial score (nSPS) is 10.9. The lowest BCUT2D eigenvalue weighted by atomic mass is 10.1. The third-order valence-corrected chi connectivity index (χ3v) is 5.68. The van der Waals surface area contributed by atoms with Gasteiger partial charge in [-0.25, -0.2) is 9.97 Å². The standard InChI is InChI=1S/C22H18N4O3S/c1-13-7-6-10-16-18(13)23-12-26(21(16)29)11-17(28)24-22-25-19(20(30-22)14(2)27)15-8-4-3-5-9-15/h3-10,12H,11H2,1-2H3,(H,24,25,28). The van der Waals surface area contributed by atoms with Crippen LogP contribution in [0.3, 0.4) is 0 Å². The number of amides is 1. The van der Waals surface area contributed by atoms with Crippen LogP contribution >= 0.6 is 11.3 Å². The number of fused-ring (bicyclic) bond motifs is 1. The zero-order valence-corrected chi connectivity index (χ0v) is 17.2. The molecule has 4 aromatic rings. The Balaban J connectivity index is 1.59. The lowest BCUT2D eigenvalue weighted by Gasteiger charge is -2.07. The van der Waals surface area contributed by atoms with Crippen LogP contribution in [0.15, 0.2) is 59.7 Å². The SMILES string of the molecule is CC(=O)c1sc(NC(=O)Cn2cnc3c(C)cccc3c2=O)nc1-c1ccccc1. The molecule has 0 aliphatic carbocycles. The minimum Gasteiger partial charge on any atom is -0.300 e. The molecule has 2 heterocycles. The molecule has 0 saturated carbocycles. The van der Waals surface area contributed by atoms with Crippen molar-refractivity contribution in [3.05, 3.63) is 75.7 Å². The van der Waals surface area contributed by atoms with Gasteiger partial charge in [-0.3, -0.25) is 19.0 Å². The first-order valence-electron chi connectivity index (χ1n) is 9.26. The van der Waals surface area contributed by atoms with E-state index in [-0.39, 0.29) is 17.9 Å². The summed E-state index contributed by atoms with van der Waals surface area (Å²) >= 11 is 1.11. The topological polar surface area (TPSA) is 94.0 Å². The lowest BCUT2D eigenvalue weighted by Crippen LogP contribution is -2.28. The van der Waals surface area contributed by atoms with Crippen LogP contribution in [-0.4, -0.2) is 26.2 Å². The Kier molecular flexibility index (Phi) is 5.24. The van der Waals surface area contributed by atoms with Crippen molar-refractivity contribution in [1.29, 1.82) is 0 Å². The van der Waals surface area contributed by atoms with Gasteiger partial charge in [0, 0.05) is 12.5 Å². The van der Waals surface area contributed by atoms with Crippen LogP contribution in [-0.2, 0) is 11.3 Å². The van der Waals surface area contributed by atoms with Gasteiger partial charge in [0.2, 0.25) is 5.91 Å². The molecule has 8 heteroatoms. The Bertz CT molecular complexity index is 1330. The quantitative estimate of drug-likeness (QED) is 0.499. The Labute approximate surface area is 176 Å². The van der Waals surface area contributed by atoms with Crippen LogP contribution in [0.5, 0.6) is 0 Å². The number of thiazole rings is 1. The number of hydrogen-bond acceptors (Lipinski definition) is 6. The van der Waals surface area contributed by atoms with Gasteiger partial charge in [-0.2, -0.15) is 0 Å². The average Bonchev–Trinajstić information content (AvgIpc) is 3.15. The Morgan fingerprint density at radius 3 is 2.60 bits per heavy atom. The molecule has 4 rings (SSSR count). The maximum Gasteiger partial charge on any atom is 0.261 e. The predicted octanol–water partition coefficient (Wildman–Crippen LogP) is 3.67. The number of hydrogen-bond donors (Lipinski definition) is 1. The molecule has 2 aromatic carbocycles. The molecule has 7 nitrogen and oxygen atoms in total. The smallest absolute Gasteiger partial charge is 0.261 e. The molecular weight excluding hydrogens is 400 g/mol. The molecule has 0 aliphatic heterocycles. The second-order valence-electron chi connectivity index (χ2n) is 6.82. The summed E-state index contributed by atoms with van der Waals surface area (Å²) in [7, 11) is 0. The van der Waals surface area contributed by atoms with E-state index in [0.29, 0.717) is 26.6 Å². The molecule has 2 aromatic heterocycles. The molecule has 0 bridgehead atoms. The van der Waals surface area contributed by atoms with Crippen LogP contribution in [0.1, 0.15) is 22.2 Å². The summed E-state index contributed by atoms with van der Waals surface area (Å²) in [4.78, 5) is 46.5. The number of carbonyl (C=O) groups is 2. The molecule has 0 aliphatic rings. The van der Waals surface area contributed by atoms with Crippen molar-refractivity contribution in [1.82, 2.24) is 14.5 Å². The predicted molar refractivity (Wildman–Crippen MR) is 117 cm³/mol. The number of nitrogens with zero attached hydrogens (tertiary/aromatic N) is 3. The average molecular weight is 418 g/mol. The van der Waals surface area contributed by atoms with Gasteiger partial charge >= 0.3 is 0 Å². The van der Waals surface area contributed by atoms with Gasteiger partial charge in [0.05, 0.1) is 27.8 Å². The van der Waals surface area contributed by atoms with E-state index in [1.807, 2.05) is 43.3 Å². The highest BCUT2D eigenvalue weighted by Gasteiger charge is 2.18. The highest BCUT2D eigenvalue weighted by atomic mass is 32.1. The third kappa shape index (κ3) is 3.77. The van der Waals surface area contributed by atoms with E-state index < -0.39 is 5.91 Å². The fourth-order valence-corrected chi connectivity index (χ4v) is 4.07. The third-order valence-electron chi connectivity index (χ3n) is 4.61. The summed E-state index contributed by atoms with van der Waals surface area (Å²) in [6.07, 6.45) is 1.37. The van der Waals surface area contributed by atoms with Crippen molar-refractivity contribution in [2.45, 2.75) is 20.4 Å². The molecule has 0 radical (unpaired) electrons. The van der Waals surface area contributed by atoms with Gasteiger partial charge in [0.25, 0.3) is 5.56 Å². The molecule has 0 atom stereocenters. The number of carbonyl (C=O) groups excluding carboxylic acids is 2. The van der Waals surface area contributed by atoms with Gasteiger partial charge in [-0.1, -0.05) is 53.8 Å². The van der Waals surface area contributed by atoms with E-state index in [0.717, 1.165) is 22.5 Å². The maximum atomic E-state index is 12.7. The van der Waals surface area contributed by atoms with Gasteiger partial charge in [0.1, 0.15) is 6.54 Å². The number of anilines is 1. The summed E-state index contributed by atoms with van der Waals surface area (Å²) in [5.41, 5.74) is 2.56. The van der Waals surface area contributed by atoms with Crippen LogP contribution < -0.4 is 10.9 Å². The van der Waals surface area contributed by atoms with Gasteiger partial charge in [0.15, 0.2) is 10.9 Å². The minimum absolute atomic E-state index is 0.128. The maximum absolute atomic E-state index is 12.7. The zero-order valence-electron chi connectivity index (χ0n) is 16.4. The molecule has 0 fully saturated rings. The Morgan fingerprint density at radius 2 is 1.87 bits per heavy atom. The Hall–Kier alpha value is -3.65. The van der Waals surface area contributed by atoms with E-state index in [1.54, 1.807) is 12.1 Å². The number of rotatable bonds is 5. The fraction of sp³-hybridized carbons (Fsp3) is 0.136. The number of benzene rings is 2. The first kappa shape index (κ1) is 19.7. The highest BCUT2D eigenvalue weighted by molar-refractivity contribution is 7.18. The van der Waals surface area contributed by atoms with E-state index in [9.17, 15) is 14.4 Å². The number of Topliss-reactive ketones (excluding diaryl/α,β-unsaturated/α-hetero) is 1. The van der Waals surface area contributed by atoms with E-state index >= 15 is 0 Å². The molecular formula is C22H18N4O3S. The molecule has 30 heavy (non-hydrogen) atoms. The number of para-hydroxylation sites is 1. The largest absolute Gasteiger partial charge is 0.300 e. The molecule has 0 saturated heterocycles. The lowest BCUT2D eigenvalue weighted by molar-refractivity contribution is -0.116. The van der Waals surface area contributed by atoms with Crippen LogP contribution in [0.4, 0.5) is 5.13 Å². The van der Waals surface area contributed by atoms with Crippen molar-refractivity contribution < 1.29 is 9.59 Å². The molecule has 150 valence electrons. The van der Waals surface area contributed by atoms with Crippen molar-refractivity contribution in [3.63, 3.8) is 0 Å². The number of ketones is 1. The molecule has 1 amide bonds. The second-order valence-corrected chi connectivity index (χ2v) is 7.81. The highest BCUT2D eigenvalue weighted by Crippen LogP contribution is 2.31. The first-order chi connectivity index (χ1) is 14.4. The Morgan fingerprint density at radius 1 is 1.10 bits per heavy atom. The van der Waals surface area contributed by atoms with Gasteiger partial charge in [-0.05, 0) is 18.6 Å². The van der Waals surface area contributed by atoms with Crippen LogP contribution in [0, 0.1) is 6.92 Å². The molecule has 1 N–H and O–H groups in total. The van der Waals surface area contributed by atoms with Crippen molar-refractivity contribution in [3.8, 4) is 11.3 Å². The molecule has 0 spiro atoms. The van der Waals surface area contributed by atoms with E-state index in [1.165, 1.54) is 17.8 Å². The zero-order chi connectivity index (χ0) is 21.3. The van der Waals surface area contributed by atoms with Crippen LogP contribution in [0.2, 0.25) is 0 Å². The summed E-state index contributed by atoms with van der Waals surface area (Å²) in [5.74, 6) is -0.550. The van der Waals surface area contributed by atoms with Crippen LogP contribution in [0.25, 0.3) is 22.2 Å². The summed E-state index contributed by atoms with van der Waals surface area (Å²) in [6, 6.07) is 14.7. The summed E-state index contributed by atoms with van der Waals surface area (Å²) in [5, 5.41) is 3.46. The van der Waals surface area contributed by atoms with E-state index in [2.05, 4.69) is 15.3 Å². The van der Waals surface area contributed by atoms with Crippen molar-refractivity contribution in [2.75, 3.05) is 5.32 Å². The van der Waals surface area contributed by atoms with Crippen molar-refractivity contribution >= 4 is 39.1 Å². The van der Waals surface area contributed by atoms with Gasteiger partial charge < -0.3 is 5.32 Å². The van der Waals surface area contributed by atoms with E-state index in [4.69, 9.17) is 0 Å². The minimum atomic E-state index is -0.422. The van der Waals surface area contributed by atoms with Crippen molar-refractivity contribution in [2.24, 2.45) is 0 Å². The van der Waals surface area contributed by atoms with Gasteiger partial charge in [-0.15, -0.1) is 0 Å². The first-order valence-corrected chi connectivity index (χ1v) is 10.1. The monoisotopic (exact) mass is 418 g/mol.